The van der Waals surface area contributed by atoms with Gasteiger partial charge in [0.15, 0.2) is 0 Å². The Morgan fingerprint density at radius 2 is 2.16 bits per heavy atom. The van der Waals surface area contributed by atoms with Gasteiger partial charge in [0.1, 0.15) is 4.60 Å². The van der Waals surface area contributed by atoms with E-state index in [1.165, 1.54) is 0 Å². The van der Waals surface area contributed by atoms with Crippen LogP contribution in [0.2, 0.25) is 0 Å². The van der Waals surface area contributed by atoms with Crippen LogP contribution in [-0.2, 0) is 0 Å². The van der Waals surface area contributed by atoms with E-state index in [-0.39, 0.29) is 5.91 Å². The van der Waals surface area contributed by atoms with Crippen LogP contribution in [-0.4, -0.2) is 21.1 Å². The number of hydrogen-bond donors (Lipinski definition) is 2. The molecule has 3 rings (SSSR count). The number of halogens is 1. The predicted molar refractivity (Wildman–Crippen MR) is 76.0 cm³/mol. The summed E-state index contributed by atoms with van der Waals surface area (Å²) in [5.74, 6) is -0.179. The molecule has 6 heteroatoms. The quantitative estimate of drug-likeness (QED) is 0.714. The van der Waals surface area contributed by atoms with Crippen LogP contribution in [0.4, 0.5) is 5.69 Å². The first-order chi connectivity index (χ1) is 9.22. The molecule has 3 aromatic rings. The van der Waals surface area contributed by atoms with Gasteiger partial charge in [-0.15, -0.1) is 0 Å². The number of nitrogens with zero attached hydrogens (tertiary/aromatic N) is 2. The van der Waals surface area contributed by atoms with E-state index in [2.05, 4.69) is 36.4 Å². The Bertz CT molecular complexity index is 753. The minimum atomic E-state index is -0.179. The number of benzene rings is 1. The number of H-pyrrole nitrogens is 1. The molecule has 0 aliphatic carbocycles. The van der Waals surface area contributed by atoms with Crippen molar-refractivity contribution in [3.63, 3.8) is 0 Å². The Labute approximate surface area is 117 Å². The molecule has 19 heavy (non-hydrogen) atoms. The lowest BCUT2D eigenvalue weighted by molar-refractivity contribution is 0.102. The van der Waals surface area contributed by atoms with Crippen molar-refractivity contribution in [3.05, 3.63) is 52.9 Å². The predicted octanol–water partition coefficient (Wildman–Crippen LogP) is 2.97. The van der Waals surface area contributed by atoms with Gasteiger partial charge in [-0.1, -0.05) is 0 Å². The van der Waals surface area contributed by atoms with Crippen molar-refractivity contribution < 1.29 is 4.79 Å². The number of pyridine rings is 1. The van der Waals surface area contributed by atoms with Crippen molar-refractivity contribution >= 4 is 38.4 Å². The molecule has 0 aliphatic rings. The third-order valence-corrected chi connectivity index (χ3v) is 3.12. The summed E-state index contributed by atoms with van der Waals surface area (Å²) in [6.07, 6.45) is 3.32. The summed E-state index contributed by atoms with van der Waals surface area (Å²) < 4.78 is 0.629. The molecular formula is C13H9BrN4O. The van der Waals surface area contributed by atoms with Crippen molar-refractivity contribution in [2.75, 3.05) is 5.32 Å². The van der Waals surface area contributed by atoms with Gasteiger partial charge in [-0.3, -0.25) is 9.89 Å². The minimum Gasteiger partial charge on any atom is -0.322 e. The Morgan fingerprint density at radius 1 is 1.26 bits per heavy atom. The van der Waals surface area contributed by atoms with E-state index in [0.29, 0.717) is 10.2 Å². The average molecular weight is 317 g/mol. The van der Waals surface area contributed by atoms with Crippen LogP contribution in [0.3, 0.4) is 0 Å². The lowest BCUT2D eigenvalue weighted by atomic mass is 10.2. The molecule has 0 bridgehead atoms. The second kappa shape index (κ2) is 4.81. The number of aromatic nitrogens is 3. The van der Waals surface area contributed by atoms with Crippen LogP contribution in [0, 0.1) is 0 Å². The number of fused-ring (bicyclic) bond motifs is 1. The number of hydrogen-bond acceptors (Lipinski definition) is 3. The first kappa shape index (κ1) is 11.9. The van der Waals surface area contributed by atoms with E-state index in [4.69, 9.17) is 0 Å². The zero-order valence-corrected chi connectivity index (χ0v) is 11.3. The van der Waals surface area contributed by atoms with Gasteiger partial charge in [0, 0.05) is 22.8 Å². The number of amides is 1. The molecule has 2 aromatic heterocycles. The summed E-state index contributed by atoms with van der Waals surface area (Å²) in [4.78, 5) is 16.0. The summed E-state index contributed by atoms with van der Waals surface area (Å²) in [5, 5.41) is 10.6. The normalized spacial score (nSPS) is 10.6. The van der Waals surface area contributed by atoms with Crippen molar-refractivity contribution in [3.8, 4) is 0 Å². The fourth-order valence-corrected chi connectivity index (χ4v) is 2.13. The molecule has 5 nitrogen and oxygen atoms in total. The van der Waals surface area contributed by atoms with Gasteiger partial charge in [-0.05, 0) is 46.3 Å². The van der Waals surface area contributed by atoms with Gasteiger partial charge in [0.2, 0.25) is 0 Å². The highest BCUT2D eigenvalue weighted by Gasteiger charge is 2.07. The summed E-state index contributed by atoms with van der Waals surface area (Å²) in [6, 6.07) is 8.91. The SMILES string of the molecule is O=C(Nc1ccc2cn[nH]c2c1)c1ccnc(Br)c1. The monoisotopic (exact) mass is 316 g/mol. The Morgan fingerprint density at radius 3 is 3.00 bits per heavy atom. The van der Waals surface area contributed by atoms with E-state index >= 15 is 0 Å². The molecule has 0 saturated carbocycles. The number of nitrogens with one attached hydrogen (secondary N) is 2. The van der Waals surface area contributed by atoms with Gasteiger partial charge in [0.25, 0.3) is 5.91 Å². The van der Waals surface area contributed by atoms with Crippen molar-refractivity contribution in [1.29, 1.82) is 0 Å². The van der Waals surface area contributed by atoms with Crippen molar-refractivity contribution in [1.82, 2.24) is 15.2 Å². The molecule has 0 saturated heterocycles. The molecule has 0 radical (unpaired) electrons. The summed E-state index contributed by atoms with van der Waals surface area (Å²) in [5.41, 5.74) is 2.15. The highest BCUT2D eigenvalue weighted by atomic mass is 79.9. The molecule has 2 N–H and O–H groups in total. The maximum absolute atomic E-state index is 12.1. The zero-order valence-electron chi connectivity index (χ0n) is 9.72. The highest BCUT2D eigenvalue weighted by Crippen LogP contribution is 2.17. The van der Waals surface area contributed by atoms with Crippen LogP contribution in [0.1, 0.15) is 10.4 Å². The number of carbonyl (C=O) groups excluding carboxylic acids is 1. The van der Waals surface area contributed by atoms with Gasteiger partial charge < -0.3 is 5.32 Å². The molecule has 0 atom stereocenters. The number of anilines is 1. The fraction of sp³-hybridized carbons (Fsp3) is 0. The largest absolute Gasteiger partial charge is 0.322 e. The topological polar surface area (TPSA) is 70.7 Å². The summed E-state index contributed by atoms with van der Waals surface area (Å²) >= 11 is 3.24. The Kier molecular flexibility index (Phi) is 3.00. The third kappa shape index (κ3) is 2.48. The minimum absolute atomic E-state index is 0.179. The van der Waals surface area contributed by atoms with E-state index < -0.39 is 0 Å². The second-order valence-electron chi connectivity index (χ2n) is 3.99. The van der Waals surface area contributed by atoms with E-state index in [0.717, 1.165) is 16.6 Å². The zero-order chi connectivity index (χ0) is 13.2. The molecule has 2 heterocycles. The molecule has 1 amide bonds. The van der Waals surface area contributed by atoms with Gasteiger partial charge in [0.05, 0.1) is 11.7 Å². The first-order valence-corrected chi connectivity index (χ1v) is 6.38. The van der Waals surface area contributed by atoms with Crippen LogP contribution in [0.15, 0.2) is 47.3 Å². The summed E-state index contributed by atoms with van der Waals surface area (Å²) in [6.45, 7) is 0. The number of aromatic amines is 1. The van der Waals surface area contributed by atoms with Gasteiger partial charge >= 0.3 is 0 Å². The van der Waals surface area contributed by atoms with Gasteiger partial charge in [-0.2, -0.15) is 5.10 Å². The molecule has 0 unspecified atom stereocenters. The molecule has 1 aromatic carbocycles. The first-order valence-electron chi connectivity index (χ1n) is 5.58. The van der Waals surface area contributed by atoms with E-state index in [1.807, 2.05) is 18.2 Å². The summed E-state index contributed by atoms with van der Waals surface area (Å²) in [7, 11) is 0. The van der Waals surface area contributed by atoms with E-state index in [1.54, 1.807) is 24.5 Å². The van der Waals surface area contributed by atoms with Crippen LogP contribution in [0.5, 0.6) is 0 Å². The molecule has 94 valence electrons. The lowest BCUT2D eigenvalue weighted by Crippen LogP contribution is -2.11. The van der Waals surface area contributed by atoms with Crippen LogP contribution in [0.25, 0.3) is 10.9 Å². The highest BCUT2D eigenvalue weighted by molar-refractivity contribution is 9.10. The molecule has 0 fully saturated rings. The number of carbonyl (C=O) groups is 1. The van der Waals surface area contributed by atoms with Crippen molar-refractivity contribution in [2.24, 2.45) is 0 Å². The molecule has 0 spiro atoms. The average Bonchev–Trinajstić information content (AvgIpc) is 2.86. The van der Waals surface area contributed by atoms with E-state index in [9.17, 15) is 4.79 Å². The third-order valence-electron chi connectivity index (χ3n) is 2.69. The Hall–Kier alpha value is -2.21. The van der Waals surface area contributed by atoms with Gasteiger partial charge in [-0.25, -0.2) is 4.98 Å². The Balaban J connectivity index is 1.86. The molecule has 0 aliphatic heterocycles. The molecular weight excluding hydrogens is 308 g/mol. The lowest BCUT2D eigenvalue weighted by Gasteiger charge is -2.05. The van der Waals surface area contributed by atoms with Crippen LogP contribution < -0.4 is 5.32 Å². The van der Waals surface area contributed by atoms with Crippen LogP contribution >= 0.6 is 15.9 Å². The maximum atomic E-state index is 12.1. The standard InChI is InChI=1S/C13H9BrN4O/c14-12-5-8(3-4-15-12)13(19)17-10-2-1-9-7-16-18-11(9)6-10/h1-7H,(H,16,18)(H,17,19). The number of rotatable bonds is 2. The fourth-order valence-electron chi connectivity index (χ4n) is 1.76. The second-order valence-corrected chi connectivity index (χ2v) is 4.81. The maximum Gasteiger partial charge on any atom is 0.255 e. The van der Waals surface area contributed by atoms with Crippen molar-refractivity contribution in [2.45, 2.75) is 0 Å². The smallest absolute Gasteiger partial charge is 0.255 e.